The topological polar surface area (TPSA) is 24.9 Å². The summed E-state index contributed by atoms with van der Waals surface area (Å²) in [6, 6.07) is 3.62. The van der Waals surface area contributed by atoms with Crippen LogP contribution in [-0.4, -0.2) is 11.5 Å². The van der Waals surface area contributed by atoms with Crippen molar-refractivity contribution >= 4 is 39.8 Å². The van der Waals surface area contributed by atoms with E-state index in [1.54, 1.807) is 6.07 Å². The van der Waals surface area contributed by atoms with Crippen LogP contribution in [0.5, 0.6) is 0 Å². The molecule has 0 aliphatic rings. The maximum Gasteiger partial charge on any atom is 0.0756 e. The molecule has 0 radical (unpaired) electrons. The Kier molecular flexibility index (Phi) is 3.98. The largest absolute Gasteiger partial charge is 0.384 e. The zero-order chi connectivity index (χ0) is 13.3. The van der Waals surface area contributed by atoms with Gasteiger partial charge in [-0.15, -0.1) is 0 Å². The van der Waals surface area contributed by atoms with Crippen LogP contribution in [0.1, 0.15) is 25.1 Å². The summed E-state index contributed by atoms with van der Waals surface area (Å²) in [7, 11) is 0. The van der Waals surface area contributed by atoms with Crippen LogP contribution >= 0.6 is 23.2 Å². The van der Waals surface area contributed by atoms with Gasteiger partial charge in [0.25, 0.3) is 0 Å². The second-order valence-electron chi connectivity index (χ2n) is 4.22. The first-order chi connectivity index (χ1) is 8.58. The van der Waals surface area contributed by atoms with Gasteiger partial charge in [-0.05, 0) is 38.0 Å². The maximum absolute atomic E-state index is 6.32. The van der Waals surface area contributed by atoms with Crippen LogP contribution in [0.2, 0.25) is 10.0 Å². The van der Waals surface area contributed by atoms with E-state index in [2.05, 4.69) is 24.1 Å². The quantitative estimate of drug-likeness (QED) is 0.871. The second kappa shape index (κ2) is 5.33. The highest BCUT2D eigenvalue weighted by molar-refractivity contribution is 6.39. The fraction of sp³-hybridized carbons (Fsp3) is 0.357. The fourth-order valence-electron chi connectivity index (χ4n) is 2.28. The van der Waals surface area contributed by atoms with Crippen LogP contribution < -0.4 is 5.32 Å². The van der Waals surface area contributed by atoms with Gasteiger partial charge in [0, 0.05) is 22.6 Å². The van der Waals surface area contributed by atoms with Crippen molar-refractivity contribution in [1.29, 1.82) is 0 Å². The molecular formula is C14H16Cl2N2. The Morgan fingerprint density at radius 3 is 2.56 bits per heavy atom. The van der Waals surface area contributed by atoms with Gasteiger partial charge in [0.05, 0.1) is 16.2 Å². The van der Waals surface area contributed by atoms with Crippen molar-refractivity contribution in [3.05, 3.63) is 33.4 Å². The van der Waals surface area contributed by atoms with E-state index in [0.717, 1.165) is 35.2 Å². The number of hydrogen-bond donors (Lipinski definition) is 1. The Morgan fingerprint density at radius 2 is 1.94 bits per heavy atom. The Labute approximate surface area is 117 Å². The van der Waals surface area contributed by atoms with E-state index in [1.165, 1.54) is 5.56 Å². The van der Waals surface area contributed by atoms with E-state index in [9.17, 15) is 0 Å². The molecule has 0 saturated heterocycles. The number of aromatic nitrogens is 1. The molecule has 4 heteroatoms. The van der Waals surface area contributed by atoms with Crippen molar-refractivity contribution in [2.45, 2.75) is 27.2 Å². The smallest absolute Gasteiger partial charge is 0.0756 e. The molecule has 0 fully saturated rings. The van der Waals surface area contributed by atoms with Crippen molar-refractivity contribution in [3.63, 3.8) is 0 Å². The van der Waals surface area contributed by atoms with Crippen molar-refractivity contribution in [1.82, 2.24) is 4.98 Å². The Morgan fingerprint density at radius 1 is 1.22 bits per heavy atom. The summed E-state index contributed by atoms with van der Waals surface area (Å²) in [4.78, 5) is 4.60. The van der Waals surface area contributed by atoms with E-state index in [0.29, 0.717) is 10.0 Å². The number of aryl methyl sites for hydroxylation is 1. The average Bonchev–Trinajstić information content (AvgIpc) is 2.28. The van der Waals surface area contributed by atoms with Crippen molar-refractivity contribution < 1.29 is 0 Å². The second-order valence-corrected chi connectivity index (χ2v) is 5.06. The summed E-state index contributed by atoms with van der Waals surface area (Å²) in [5.74, 6) is 0. The fourth-order valence-corrected chi connectivity index (χ4v) is 2.86. The maximum atomic E-state index is 6.32. The minimum Gasteiger partial charge on any atom is -0.384 e. The van der Waals surface area contributed by atoms with Crippen LogP contribution in [0.4, 0.5) is 5.69 Å². The molecule has 2 aromatic rings. The molecule has 1 aromatic heterocycles. The highest BCUT2D eigenvalue weighted by Gasteiger charge is 2.14. The van der Waals surface area contributed by atoms with E-state index < -0.39 is 0 Å². The van der Waals surface area contributed by atoms with E-state index >= 15 is 0 Å². The molecule has 2 nitrogen and oxygen atoms in total. The lowest BCUT2D eigenvalue weighted by atomic mass is 10.0. The first kappa shape index (κ1) is 13.4. The minimum atomic E-state index is 0.617. The molecule has 0 bridgehead atoms. The summed E-state index contributed by atoms with van der Waals surface area (Å²) in [6.07, 6.45) is 0.927. The van der Waals surface area contributed by atoms with Crippen molar-refractivity contribution in [2.24, 2.45) is 0 Å². The molecular weight excluding hydrogens is 267 g/mol. The molecule has 1 aromatic carbocycles. The lowest BCUT2D eigenvalue weighted by Gasteiger charge is -2.16. The van der Waals surface area contributed by atoms with Gasteiger partial charge >= 0.3 is 0 Å². The zero-order valence-corrected chi connectivity index (χ0v) is 12.3. The van der Waals surface area contributed by atoms with Gasteiger partial charge in [-0.25, -0.2) is 0 Å². The first-order valence-corrected chi connectivity index (χ1v) is 6.86. The van der Waals surface area contributed by atoms with Gasteiger partial charge in [-0.1, -0.05) is 30.1 Å². The zero-order valence-electron chi connectivity index (χ0n) is 10.8. The van der Waals surface area contributed by atoms with Gasteiger partial charge < -0.3 is 5.32 Å². The third kappa shape index (κ3) is 2.27. The number of benzene rings is 1. The standard InChI is InChI=1S/C14H16Cl2N2/c1-4-10-8(3)18-12-7-9(15)6-11(16)13(12)14(10)17-5-2/h6-7H,4-5H2,1-3H3,(H,17,18). The van der Waals surface area contributed by atoms with E-state index in [1.807, 2.05) is 13.0 Å². The summed E-state index contributed by atoms with van der Waals surface area (Å²) in [5, 5.41) is 5.63. The Balaban J connectivity index is 2.87. The van der Waals surface area contributed by atoms with Crippen molar-refractivity contribution in [3.8, 4) is 0 Å². The number of fused-ring (bicyclic) bond motifs is 1. The third-order valence-corrected chi connectivity index (χ3v) is 3.53. The minimum absolute atomic E-state index is 0.617. The van der Waals surface area contributed by atoms with Crippen molar-refractivity contribution in [2.75, 3.05) is 11.9 Å². The molecule has 1 heterocycles. The van der Waals surface area contributed by atoms with Gasteiger partial charge in [0.1, 0.15) is 0 Å². The molecule has 96 valence electrons. The summed E-state index contributed by atoms with van der Waals surface area (Å²) in [5.41, 5.74) is 4.18. The van der Waals surface area contributed by atoms with Gasteiger partial charge in [-0.2, -0.15) is 0 Å². The number of anilines is 1. The number of hydrogen-bond acceptors (Lipinski definition) is 2. The molecule has 0 aliphatic heterocycles. The highest BCUT2D eigenvalue weighted by atomic mass is 35.5. The van der Waals surface area contributed by atoms with Gasteiger partial charge in [-0.3, -0.25) is 4.98 Å². The molecule has 1 N–H and O–H groups in total. The number of nitrogens with one attached hydrogen (secondary N) is 1. The highest BCUT2D eigenvalue weighted by Crippen LogP contribution is 2.36. The normalized spacial score (nSPS) is 10.9. The molecule has 0 saturated carbocycles. The lowest BCUT2D eigenvalue weighted by molar-refractivity contribution is 1.06. The number of rotatable bonds is 3. The predicted molar refractivity (Wildman–Crippen MR) is 80.0 cm³/mol. The summed E-state index contributed by atoms with van der Waals surface area (Å²) in [6.45, 7) is 7.07. The number of halogens is 2. The lowest BCUT2D eigenvalue weighted by Crippen LogP contribution is -2.05. The molecule has 18 heavy (non-hydrogen) atoms. The molecule has 2 rings (SSSR count). The molecule has 0 atom stereocenters. The predicted octanol–water partition coefficient (Wildman–Crippen LogP) is 4.84. The molecule has 0 spiro atoms. The Bertz CT molecular complexity index is 594. The first-order valence-electron chi connectivity index (χ1n) is 6.10. The molecule has 0 aliphatic carbocycles. The molecule has 0 unspecified atom stereocenters. The van der Waals surface area contributed by atoms with Crippen LogP contribution in [-0.2, 0) is 6.42 Å². The van der Waals surface area contributed by atoms with Crippen LogP contribution in [0.25, 0.3) is 10.9 Å². The van der Waals surface area contributed by atoms with E-state index in [4.69, 9.17) is 23.2 Å². The molecule has 0 amide bonds. The monoisotopic (exact) mass is 282 g/mol. The summed E-state index contributed by atoms with van der Waals surface area (Å²) < 4.78 is 0. The van der Waals surface area contributed by atoms with Gasteiger partial charge in [0.15, 0.2) is 0 Å². The number of pyridine rings is 1. The van der Waals surface area contributed by atoms with Crippen LogP contribution in [0.3, 0.4) is 0 Å². The Hall–Kier alpha value is -0.990. The summed E-state index contributed by atoms with van der Waals surface area (Å²) >= 11 is 12.4. The number of nitrogens with zero attached hydrogens (tertiary/aromatic N) is 1. The van der Waals surface area contributed by atoms with Crippen LogP contribution in [0, 0.1) is 6.92 Å². The third-order valence-electron chi connectivity index (χ3n) is 3.02. The van der Waals surface area contributed by atoms with Gasteiger partial charge in [0.2, 0.25) is 0 Å². The average molecular weight is 283 g/mol. The SMILES string of the molecule is CCNc1c(CC)c(C)nc2cc(Cl)cc(Cl)c12. The van der Waals surface area contributed by atoms with E-state index in [-0.39, 0.29) is 0 Å². The van der Waals surface area contributed by atoms with Crippen LogP contribution in [0.15, 0.2) is 12.1 Å².